The van der Waals surface area contributed by atoms with E-state index in [1.54, 1.807) is 26.4 Å². The number of hydrogen-bond donors (Lipinski definition) is 1. The van der Waals surface area contributed by atoms with Crippen LogP contribution < -0.4 is 14.8 Å². The SMILES string of the molecule is COCCOc1cc2ncnc(NC3=CC(=O)C(OC(CF)CF)=CC3=O)c2cc1OCCOC. The zero-order valence-electron chi connectivity index (χ0n) is 19.2. The van der Waals surface area contributed by atoms with E-state index in [4.69, 9.17) is 23.7 Å². The van der Waals surface area contributed by atoms with E-state index in [0.29, 0.717) is 35.6 Å². The van der Waals surface area contributed by atoms with Crippen molar-refractivity contribution in [3.05, 3.63) is 42.1 Å². The molecule has 12 heteroatoms. The van der Waals surface area contributed by atoms with E-state index < -0.39 is 36.8 Å². The summed E-state index contributed by atoms with van der Waals surface area (Å²) >= 11 is 0. The van der Waals surface area contributed by atoms with Gasteiger partial charge in [-0.2, -0.15) is 0 Å². The normalized spacial score (nSPS) is 13.6. The lowest BCUT2D eigenvalue weighted by atomic mass is 10.1. The summed E-state index contributed by atoms with van der Waals surface area (Å²) in [6, 6.07) is 3.30. The second-order valence-corrected chi connectivity index (χ2v) is 7.19. The number of methoxy groups -OCH3 is 2. The van der Waals surface area contributed by atoms with Crippen LogP contribution in [0, 0.1) is 0 Å². The van der Waals surface area contributed by atoms with Gasteiger partial charge in [-0.1, -0.05) is 0 Å². The van der Waals surface area contributed by atoms with Gasteiger partial charge in [0.15, 0.2) is 23.4 Å². The molecular weight excluding hydrogens is 468 g/mol. The third kappa shape index (κ3) is 6.70. The van der Waals surface area contributed by atoms with Crippen LogP contribution in [-0.2, 0) is 23.8 Å². The molecule has 1 aromatic heterocycles. The minimum Gasteiger partial charge on any atom is -0.487 e. The number of aromatic nitrogens is 2. The molecule has 35 heavy (non-hydrogen) atoms. The molecule has 1 aromatic carbocycles. The molecule has 0 unspecified atom stereocenters. The minimum atomic E-state index is -1.46. The zero-order valence-corrected chi connectivity index (χ0v) is 19.2. The van der Waals surface area contributed by atoms with Gasteiger partial charge in [0, 0.05) is 37.8 Å². The van der Waals surface area contributed by atoms with Crippen molar-refractivity contribution < 1.29 is 42.1 Å². The van der Waals surface area contributed by atoms with Crippen LogP contribution in [0.15, 0.2) is 42.1 Å². The fraction of sp³-hybridized carbons (Fsp3) is 0.391. The van der Waals surface area contributed by atoms with Crippen LogP contribution >= 0.6 is 0 Å². The Balaban J connectivity index is 1.88. The van der Waals surface area contributed by atoms with Crippen molar-refractivity contribution in [2.45, 2.75) is 6.10 Å². The quantitative estimate of drug-likeness (QED) is 0.310. The Labute approximate surface area is 199 Å². The lowest BCUT2D eigenvalue weighted by Crippen LogP contribution is -2.25. The van der Waals surface area contributed by atoms with Crippen LogP contribution in [-0.4, -0.2) is 81.6 Å². The predicted molar refractivity (Wildman–Crippen MR) is 121 cm³/mol. The smallest absolute Gasteiger partial charge is 0.222 e. The Morgan fingerprint density at radius 3 is 2.17 bits per heavy atom. The first kappa shape index (κ1) is 26.0. The molecule has 0 bridgehead atoms. The Bertz CT molecular complexity index is 1120. The van der Waals surface area contributed by atoms with Crippen molar-refractivity contribution in [1.82, 2.24) is 9.97 Å². The van der Waals surface area contributed by atoms with Crippen LogP contribution in [0.4, 0.5) is 14.6 Å². The lowest BCUT2D eigenvalue weighted by Gasteiger charge is -2.18. The molecule has 3 rings (SSSR count). The summed E-state index contributed by atoms with van der Waals surface area (Å²) in [5.74, 6) is -0.722. The van der Waals surface area contributed by atoms with Gasteiger partial charge < -0.3 is 29.0 Å². The van der Waals surface area contributed by atoms with Crippen LogP contribution in [0.1, 0.15) is 0 Å². The van der Waals surface area contributed by atoms with Crippen molar-refractivity contribution in [1.29, 1.82) is 0 Å². The van der Waals surface area contributed by atoms with E-state index in [1.165, 1.54) is 6.33 Å². The number of allylic oxidation sites excluding steroid dienone is 2. The highest BCUT2D eigenvalue weighted by molar-refractivity contribution is 6.20. The molecule has 0 atom stereocenters. The number of nitrogens with one attached hydrogen (secondary N) is 1. The molecule has 1 aliphatic rings. The topological polar surface area (TPSA) is 118 Å². The average molecular weight is 493 g/mol. The highest BCUT2D eigenvalue weighted by atomic mass is 19.1. The predicted octanol–water partition coefficient (Wildman–Crippen LogP) is 2.34. The van der Waals surface area contributed by atoms with Gasteiger partial charge in [0.2, 0.25) is 11.6 Å². The first-order valence-corrected chi connectivity index (χ1v) is 10.6. The number of benzene rings is 1. The number of carbonyl (C=O) groups is 2. The van der Waals surface area contributed by atoms with Gasteiger partial charge >= 0.3 is 0 Å². The Morgan fingerprint density at radius 1 is 0.886 bits per heavy atom. The van der Waals surface area contributed by atoms with Gasteiger partial charge in [0.1, 0.15) is 38.7 Å². The van der Waals surface area contributed by atoms with Crippen LogP contribution in [0.3, 0.4) is 0 Å². The van der Waals surface area contributed by atoms with Gasteiger partial charge in [-0.15, -0.1) is 0 Å². The Kier molecular flexibility index (Phi) is 9.44. The first-order valence-electron chi connectivity index (χ1n) is 10.6. The fourth-order valence-corrected chi connectivity index (χ4v) is 3.00. The van der Waals surface area contributed by atoms with Crippen LogP contribution in [0.2, 0.25) is 0 Å². The highest BCUT2D eigenvalue weighted by Gasteiger charge is 2.25. The number of alkyl halides is 2. The van der Waals surface area contributed by atoms with Crippen LogP contribution in [0.25, 0.3) is 10.9 Å². The molecule has 1 aliphatic carbocycles. The number of ether oxygens (including phenoxy) is 5. The summed E-state index contributed by atoms with van der Waals surface area (Å²) in [6.07, 6.45) is 1.69. The molecule has 0 aliphatic heterocycles. The number of nitrogens with zero attached hydrogens (tertiary/aromatic N) is 2. The molecule has 1 N–H and O–H groups in total. The van der Waals surface area contributed by atoms with Gasteiger partial charge in [-0.05, 0) is 6.07 Å². The number of rotatable bonds is 14. The summed E-state index contributed by atoms with van der Waals surface area (Å²) in [7, 11) is 3.10. The van der Waals surface area contributed by atoms with E-state index in [2.05, 4.69) is 15.3 Å². The highest BCUT2D eigenvalue weighted by Crippen LogP contribution is 2.34. The molecule has 10 nitrogen and oxygen atoms in total. The Hall–Kier alpha value is -3.64. The summed E-state index contributed by atoms with van der Waals surface area (Å²) < 4.78 is 52.0. The molecule has 188 valence electrons. The van der Waals surface area contributed by atoms with Crippen molar-refractivity contribution in [2.75, 3.05) is 59.3 Å². The van der Waals surface area contributed by atoms with Gasteiger partial charge in [-0.3, -0.25) is 9.59 Å². The van der Waals surface area contributed by atoms with Gasteiger partial charge in [-0.25, -0.2) is 18.7 Å². The van der Waals surface area contributed by atoms with Crippen molar-refractivity contribution in [2.24, 2.45) is 0 Å². The molecule has 2 aromatic rings. The summed E-state index contributed by atoms with van der Waals surface area (Å²) in [5.41, 5.74) is 0.388. The maximum absolute atomic E-state index is 12.7. The zero-order chi connectivity index (χ0) is 25.2. The monoisotopic (exact) mass is 493 g/mol. The Morgan fingerprint density at radius 2 is 1.54 bits per heavy atom. The maximum Gasteiger partial charge on any atom is 0.222 e. The fourth-order valence-electron chi connectivity index (χ4n) is 3.00. The number of ketones is 2. The average Bonchev–Trinajstić information content (AvgIpc) is 2.86. The third-order valence-electron chi connectivity index (χ3n) is 4.73. The number of hydrogen-bond acceptors (Lipinski definition) is 10. The lowest BCUT2D eigenvalue weighted by molar-refractivity contribution is -0.118. The van der Waals surface area contributed by atoms with E-state index in [9.17, 15) is 18.4 Å². The second-order valence-electron chi connectivity index (χ2n) is 7.19. The van der Waals surface area contributed by atoms with Gasteiger partial charge in [0.05, 0.1) is 24.4 Å². The maximum atomic E-state index is 12.7. The number of carbonyl (C=O) groups excluding carboxylic acids is 2. The first-order chi connectivity index (χ1) is 17.0. The van der Waals surface area contributed by atoms with E-state index in [-0.39, 0.29) is 24.7 Å². The molecule has 0 saturated heterocycles. The van der Waals surface area contributed by atoms with Crippen molar-refractivity contribution >= 4 is 28.3 Å². The van der Waals surface area contributed by atoms with Crippen molar-refractivity contribution in [3.63, 3.8) is 0 Å². The number of fused-ring (bicyclic) bond motifs is 1. The molecule has 1 heterocycles. The minimum absolute atomic E-state index is 0.0957. The molecule has 0 radical (unpaired) electrons. The third-order valence-corrected chi connectivity index (χ3v) is 4.73. The molecule has 0 fully saturated rings. The van der Waals surface area contributed by atoms with E-state index >= 15 is 0 Å². The second kappa shape index (κ2) is 12.7. The number of halogens is 2. The largest absolute Gasteiger partial charge is 0.487 e. The number of anilines is 1. The van der Waals surface area contributed by atoms with Crippen molar-refractivity contribution in [3.8, 4) is 11.5 Å². The van der Waals surface area contributed by atoms with E-state index in [0.717, 1.165) is 12.2 Å². The van der Waals surface area contributed by atoms with Crippen LogP contribution in [0.5, 0.6) is 11.5 Å². The van der Waals surface area contributed by atoms with Gasteiger partial charge in [0.25, 0.3) is 0 Å². The molecular formula is C23H25F2N3O7. The standard InChI is InChI=1S/C23H25F2N3O7/c1-31-3-5-33-21-7-15-16(9-22(21)34-6-4-32-2)26-13-27-23(15)28-17-8-19(30)20(10-18(17)29)35-14(11-24)12-25/h7-10,13-14H,3-6,11-12H2,1-2H3,(H,26,27,28). The molecule has 0 spiro atoms. The summed E-state index contributed by atoms with van der Waals surface area (Å²) in [4.78, 5) is 33.3. The van der Waals surface area contributed by atoms with E-state index in [1.807, 2.05) is 0 Å². The summed E-state index contributed by atoms with van der Waals surface area (Å²) in [5, 5.41) is 3.31. The summed E-state index contributed by atoms with van der Waals surface area (Å²) in [6.45, 7) is -1.02. The molecule has 0 amide bonds. The molecule has 0 saturated carbocycles.